The zero-order valence-corrected chi connectivity index (χ0v) is 11.9. The van der Waals surface area contributed by atoms with Gasteiger partial charge in [-0.05, 0) is 32.3 Å². The van der Waals surface area contributed by atoms with Crippen LogP contribution in [0.5, 0.6) is 0 Å². The van der Waals surface area contributed by atoms with Crippen molar-refractivity contribution in [1.29, 1.82) is 0 Å². The summed E-state index contributed by atoms with van der Waals surface area (Å²) in [6.45, 7) is 1.95. The molecule has 21 heavy (non-hydrogen) atoms. The average molecular weight is 291 g/mol. The Bertz CT molecular complexity index is 675. The number of rotatable bonds is 4. The van der Waals surface area contributed by atoms with Gasteiger partial charge in [0.15, 0.2) is 17.2 Å². The van der Waals surface area contributed by atoms with Crippen molar-refractivity contribution in [3.8, 4) is 0 Å². The number of hydrogen-bond acceptors (Lipinski definition) is 3. The fraction of sp³-hybridized carbons (Fsp3) is 0.438. The molecular weight excluding hydrogens is 273 g/mol. The predicted molar refractivity (Wildman–Crippen MR) is 76.7 cm³/mol. The summed E-state index contributed by atoms with van der Waals surface area (Å²) in [7, 11) is 0. The third-order valence-corrected chi connectivity index (χ3v) is 4.23. The number of aryl methyl sites for hydroxylation is 1. The van der Waals surface area contributed by atoms with Crippen LogP contribution in [0.15, 0.2) is 22.6 Å². The Balaban J connectivity index is 2.00. The normalized spacial score (nSPS) is 15.2. The number of aliphatic hydroxyl groups excluding tert-OH is 1. The molecule has 1 amide bonds. The molecule has 1 fully saturated rings. The molecule has 1 aromatic carbocycles. The maximum atomic E-state index is 13.8. The molecule has 1 aliphatic carbocycles. The smallest absolute Gasteiger partial charge is 0.290 e. The number of carbonyl (C=O) groups excluding carboxylic acids is 1. The van der Waals surface area contributed by atoms with E-state index < -0.39 is 5.82 Å². The van der Waals surface area contributed by atoms with E-state index in [1.807, 2.05) is 0 Å². The van der Waals surface area contributed by atoms with E-state index in [1.165, 1.54) is 6.07 Å². The van der Waals surface area contributed by atoms with Crippen LogP contribution in [0.1, 0.15) is 35.4 Å². The third kappa shape index (κ3) is 2.31. The van der Waals surface area contributed by atoms with Crippen molar-refractivity contribution in [2.75, 3.05) is 13.2 Å². The number of furan rings is 1. The average Bonchev–Trinajstić information content (AvgIpc) is 2.75. The van der Waals surface area contributed by atoms with Crippen LogP contribution in [0.25, 0.3) is 11.0 Å². The number of carbonyl (C=O) groups is 1. The molecule has 3 rings (SSSR count). The lowest BCUT2D eigenvalue weighted by Gasteiger charge is -2.36. The van der Waals surface area contributed by atoms with Crippen molar-refractivity contribution in [3.05, 3.63) is 35.3 Å². The molecule has 0 spiro atoms. The summed E-state index contributed by atoms with van der Waals surface area (Å²) in [5, 5.41) is 9.79. The van der Waals surface area contributed by atoms with Crippen LogP contribution in [0.3, 0.4) is 0 Å². The van der Waals surface area contributed by atoms with Crippen LogP contribution in [-0.2, 0) is 0 Å². The van der Waals surface area contributed by atoms with Gasteiger partial charge in [0, 0.05) is 23.5 Å². The lowest BCUT2D eigenvalue weighted by Crippen LogP contribution is -2.45. The number of aliphatic hydroxyl groups is 1. The largest absolute Gasteiger partial charge is 0.448 e. The van der Waals surface area contributed by atoms with Gasteiger partial charge in [-0.3, -0.25) is 4.79 Å². The van der Waals surface area contributed by atoms with Gasteiger partial charge in [0.2, 0.25) is 0 Å². The summed E-state index contributed by atoms with van der Waals surface area (Å²) in [5.41, 5.74) is 0.771. The molecule has 2 aromatic rings. The summed E-state index contributed by atoms with van der Waals surface area (Å²) in [5.74, 6) is -0.552. The summed E-state index contributed by atoms with van der Waals surface area (Å²) < 4.78 is 19.3. The van der Waals surface area contributed by atoms with Crippen molar-refractivity contribution in [2.45, 2.75) is 32.2 Å². The van der Waals surface area contributed by atoms with E-state index >= 15 is 0 Å². The van der Waals surface area contributed by atoms with E-state index in [2.05, 4.69) is 0 Å². The minimum absolute atomic E-state index is 0.0874. The lowest BCUT2D eigenvalue weighted by molar-refractivity contribution is 0.0496. The SMILES string of the molecule is Cc1c(C(=O)N(CCO)C2CCC2)oc2c(F)cccc12. The van der Waals surface area contributed by atoms with Crippen LogP contribution in [0, 0.1) is 12.7 Å². The maximum Gasteiger partial charge on any atom is 0.290 e. The first-order valence-corrected chi connectivity index (χ1v) is 7.23. The van der Waals surface area contributed by atoms with Crippen LogP contribution in [-0.4, -0.2) is 35.1 Å². The molecular formula is C16H18FNO3. The lowest BCUT2D eigenvalue weighted by atomic mass is 9.91. The highest BCUT2D eigenvalue weighted by Crippen LogP contribution is 2.31. The molecule has 1 heterocycles. The van der Waals surface area contributed by atoms with Gasteiger partial charge >= 0.3 is 0 Å². The van der Waals surface area contributed by atoms with Crippen LogP contribution in [0.4, 0.5) is 4.39 Å². The Morgan fingerprint density at radius 3 is 2.81 bits per heavy atom. The van der Waals surface area contributed by atoms with Gasteiger partial charge < -0.3 is 14.4 Å². The monoisotopic (exact) mass is 291 g/mol. The standard InChI is InChI=1S/C16H18FNO3/c1-10-12-6-3-7-13(17)15(12)21-14(10)16(20)18(8-9-19)11-4-2-5-11/h3,6-7,11,19H,2,4-5,8-9H2,1H3. The predicted octanol–water partition coefficient (Wildman–Crippen LogP) is 2.87. The highest BCUT2D eigenvalue weighted by Gasteiger charge is 2.32. The second kappa shape index (κ2) is 5.48. The molecule has 0 bridgehead atoms. The number of amides is 1. The molecule has 0 aliphatic heterocycles. The Morgan fingerprint density at radius 1 is 1.48 bits per heavy atom. The second-order valence-corrected chi connectivity index (χ2v) is 5.48. The van der Waals surface area contributed by atoms with Gasteiger partial charge in [-0.15, -0.1) is 0 Å². The van der Waals surface area contributed by atoms with Crippen molar-refractivity contribution >= 4 is 16.9 Å². The second-order valence-electron chi connectivity index (χ2n) is 5.48. The third-order valence-electron chi connectivity index (χ3n) is 4.23. The summed E-state index contributed by atoms with van der Waals surface area (Å²) in [4.78, 5) is 14.3. The zero-order valence-electron chi connectivity index (χ0n) is 11.9. The van der Waals surface area contributed by atoms with E-state index in [0.29, 0.717) is 10.9 Å². The van der Waals surface area contributed by atoms with Crippen LogP contribution >= 0.6 is 0 Å². The molecule has 0 saturated heterocycles. The fourth-order valence-electron chi connectivity index (χ4n) is 2.80. The van der Waals surface area contributed by atoms with E-state index in [4.69, 9.17) is 9.52 Å². The van der Waals surface area contributed by atoms with Crippen molar-refractivity contribution < 1.29 is 18.7 Å². The Labute approximate surface area is 122 Å². The van der Waals surface area contributed by atoms with Crippen molar-refractivity contribution in [1.82, 2.24) is 4.90 Å². The van der Waals surface area contributed by atoms with Gasteiger partial charge in [0.1, 0.15) is 0 Å². The number of fused-ring (bicyclic) bond motifs is 1. The van der Waals surface area contributed by atoms with E-state index in [1.54, 1.807) is 24.0 Å². The Hall–Kier alpha value is -1.88. The number of para-hydroxylation sites is 1. The van der Waals surface area contributed by atoms with Crippen molar-refractivity contribution in [3.63, 3.8) is 0 Å². The van der Waals surface area contributed by atoms with Gasteiger partial charge in [-0.1, -0.05) is 12.1 Å². The van der Waals surface area contributed by atoms with E-state index in [-0.39, 0.29) is 36.4 Å². The quantitative estimate of drug-likeness (QED) is 0.942. The highest BCUT2D eigenvalue weighted by atomic mass is 19.1. The van der Waals surface area contributed by atoms with Crippen molar-refractivity contribution in [2.24, 2.45) is 0 Å². The molecule has 0 unspecified atom stereocenters. The minimum atomic E-state index is -0.466. The zero-order chi connectivity index (χ0) is 15.0. The van der Waals surface area contributed by atoms with Gasteiger partial charge in [-0.25, -0.2) is 4.39 Å². The van der Waals surface area contributed by atoms with Crippen LogP contribution < -0.4 is 0 Å². The molecule has 0 radical (unpaired) electrons. The molecule has 1 aromatic heterocycles. The van der Waals surface area contributed by atoms with Crippen LogP contribution in [0.2, 0.25) is 0 Å². The van der Waals surface area contributed by atoms with Gasteiger partial charge in [0.05, 0.1) is 6.61 Å². The molecule has 5 heteroatoms. The number of benzene rings is 1. The Kier molecular flexibility index (Phi) is 3.68. The summed E-state index contributed by atoms with van der Waals surface area (Å²) >= 11 is 0. The molecule has 1 N–H and O–H groups in total. The maximum absolute atomic E-state index is 13.8. The van der Waals surface area contributed by atoms with E-state index in [9.17, 15) is 9.18 Å². The van der Waals surface area contributed by atoms with Gasteiger partial charge in [-0.2, -0.15) is 0 Å². The van der Waals surface area contributed by atoms with E-state index in [0.717, 1.165) is 19.3 Å². The number of nitrogens with zero attached hydrogens (tertiary/aromatic N) is 1. The molecule has 4 nitrogen and oxygen atoms in total. The molecule has 112 valence electrons. The topological polar surface area (TPSA) is 53.7 Å². The Morgan fingerprint density at radius 2 is 2.24 bits per heavy atom. The highest BCUT2D eigenvalue weighted by molar-refractivity contribution is 5.99. The number of hydrogen-bond donors (Lipinski definition) is 1. The molecule has 1 aliphatic rings. The summed E-state index contributed by atoms with van der Waals surface area (Å²) in [6.07, 6.45) is 2.98. The minimum Gasteiger partial charge on any atom is -0.448 e. The first-order valence-electron chi connectivity index (χ1n) is 7.23. The number of halogens is 1. The first-order chi connectivity index (χ1) is 10.1. The summed E-state index contributed by atoms with van der Waals surface area (Å²) in [6, 6.07) is 4.82. The molecule has 1 saturated carbocycles. The first kappa shape index (κ1) is 14.1. The van der Waals surface area contributed by atoms with Gasteiger partial charge in [0.25, 0.3) is 5.91 Å². The fourth-order valence-corrected chi connectivity index (χ4v) is 2.80. The molecule has 0 atom stereocenters.